The van der Waals surface area contributed by atoms with E-state index in [2.05, 4.69) is 0 Å². The highest BCUT2D eigenvalue weighted by Crippen LogP contribution is 2.41. The predicted octanol–water partition coefficient (Wildman–Crippen LogP) is 6.56. The standard InChI is InChI=1S/C26H21FN2O2S2/c27-21-11-9-15(17-5-1-2-6-18(17)21)14-32-26-28-22-12-10-16(13-23(22)33-26)29-24(30)19-7-3-4-8-20(19)25(29)31/h1-2,5-6,9-13,19-20H,3-4,7-8,14H2/t19-,20-/m0/s1. The molecule has 1 aromatic heterocycles. The summed E-state index contributed by atoms with van der Waals surface area (Å²) in [5.41, 5.74) is 2.57. The van der Waals surface area contributed by atoms with Gasteiger partial charge in [-0.3, -0.25) is 14.5 Å². The number of halogens is 1. The van der Waals surface area contributed by atoms with Crippen LogP contribution in [0.5, 0.6) is 0 Å². The average molecular weight is 477 g/mol. The molecule has 33 heavy (non-hydrogen) atoms. The highest BCUT2D eigenvalue weighted by atomic mass is 32.2. The Hall–Kier alpha value is -2.77. The Morgan fingerprint density at radius 2 is 1.70 bits per heavy atom. The van der Waals surface area contributed by atoms with Crippen molar-refractivity contribution in [1.82, 2.24) is 4.98 Å². The van der Waals surface area contributed by atoms with Gasteiger partial charge in [-0.2, -0.15) is 0 Å². The molecule has 166 valence electrons. The maximum Gasteiger partial charge on any atom is 0.237 e. The number of rotatable bonds is 4. The van der Waals surface area contributed by atoms with Crippen molar-refractivity contribution in [2.24, 2.45) is 11.8 Å². The SMILES string of the molecule is O=C1[C@H]2CCCC[C@@H]2C(=O)N1c1ccc2nc(SCc3ccc(F)c4ccccc34)sc2c1. The summed E-state index contributed by atoms with van der Waals surface area (Å²) >= 11 is 3.17. The van der Waals surface area contributed by atoms with E-state index in [4.69, 9.17) is 4.98 Å². The smallest absolute Gasteiger partial charge is 0.237 e. The summed E-state index contributed by atoms with van der Waals surface area (Å²) in [7, 11) is 0. The first kappa shape index (κ1) is 20.8. The molecule has 2 atom stereocenters. The summed E-state index contributed by atoms with van der Waals surface area (Å²) < 4.78 is 16.0. The van der Waals surface area contributed by atoms with E-state index in [9.17, 15) is 14.0 Å². The van der Waals surface area contributed by atoms with Gasteiger partial charge >= 0.3 is 0 Å². The Balaban J connectivity index is 1.26. The van der Waals surface area contributed by atoms with E-state index in [1.165, 1.54) is 11.0 Å². The molecule has 1 saturated carbocycles. The largest absolute Gasteiger partial charge is 0.274 e. The summed E-state index contributed by atoms with van der Waals surface area (Å²) in [6.07, 6.45) is 3.67. The number of fused-ring (bicyclic) bond motifs is 3. The van der Waals surface area contributed by atoms with Crippen LogP contribution >= 0.6 is 23.1 Å². The van der Waals surface area contributed by atoms with Gasteiger partial charge in [-0.15, -0.1) is 11.3 Å². The fraction of sp³-hybridized carbons (Fsp3) is 0.269. The van der Waals surface area contributed by atoms with Crippen molar-refractivity contribution in [2.75, 3.05) is 4.90 Å². The molecular weight excluding hydrogens is 455 g/mol. The lowest BCUT2D eigenvalue weighted by molar-refractivity contribution is -0.122. The quantitative estimate of drug-likeness (QED) is 0.247. The van der Waals surface area contributed by atoms with Crippen LogP contribution in [0.25, 0.3) is 21.0 Å². The molecule has 0 unspecified atom stereocenters. The van der Waals surface area contributed by atoms with E-state index < -0.39 is 0 Å². The van der Waals surface area contributed by atoms with Crippen molar-refractivity contribution in [3.63, 3.8) is 0 Å². The minimum absolute atomic E-state index is 0.0497. The molecule has 1 aliphatic heterocycles. The van der Waals surface area contributed by atoms with Crippen molar-refractivity contribution in [2.45, 2.75) is 35.8 Å². The Labute approximate surface area is 198 Å². The third-order valence-electron chi connectivity index (χ3n) is 6.76. The van der Waals surface area contributed by atoms with Crippen molar-refractivity contribution >= 4 is 61.6 Å². The van der Waals surface area contributed by atoms with Gasteiger partial charge in [0.05, 0.1) is 27.7 Å². The lowest BCUT2D eigenvalue weighted by Crippen LogP contribution is -2.30. The number of amides is 2. The lowest BCUT2D eigenvalue weighted by Gasteiger charge is -2.19. The molecule has 1 aliphatic carbocycles. The van der Waals surface area contributed by atoms with Crippen LogP contribution in [0.15, 0.2) is 58.9 Å². The van der Waals surface area contributed by atoms with Crippen LogP contribution in [-0.2, 0) is 15.3 Å². The molecule has 0 N–H and O–H groups in total. The van der Waals surface area contributed by atoms with Crippen LogP contribution in [0.4, 0.5) is 10.1 Å². The molecular formula is C26H21FN2O2S2. The maximum absolute atomic E-state index is 14.1. The number of carbonyl (C=O) groups is 2. The van der Waals surface area contributed by atoms with Gasteiger partial charge in [0.15, 0.2) is 4.34 Å². The summed E-state index contributed by atoms with van der Waals surface area (Å²) in [4.78, 5) is 32.0. The topological polar surface area (TPSA) is 50.3 Å². The number of anilines is 1. The van der Waals surface area contributed by atoms with Gasteiger partial charge < -0.3 is 0 Å². The maximum atomic E-state index is 14.1. The number of imide groups is 1. The van der Waals surface area contributed by atoms with Crippen LogP contribution in [-0.4, -0.2) is 16.8 Å². The van der Waals surface area contributed by atoms with Crippen LogP contribution in [0.3, 0.4) is 0 Å². The van der Waals surface area contributed by atoms with E-state index in [-0.39, 0.29) is 29.5 Å². The normalized spacial score (nSPS) is 20.7. The minimum atomic E-state index is -0.210. The number of carbonyl (C=O) groups excluding carboxylic acids is 2. The van der Waals surface area contributed by atoms with Crippen LogP contribution in [0.1, 0.15) is 31.2 Å². The van der Waals surface area contributed by atoms with Crippen molar-refractivity contribution in [3.8, 4) is 0 Å². The van der Waals surface area contributed by atoms with E-state index in [1.54, 1.807) is 29.2 Å². The van der Waals surface area contributed by atoms with Gasteiger partial charge in [0.1, 0.15) is 5.82 Å². The number of nitrogens with zero attached hydrogens (tertiary/aromatic N) is 2. The molecule has 2 heterocycles. The Kier molecular flexibility index (Phi) is 5.18. The highest BCUT2D eigenvalue weighted by molar-refractivity contribution is 8.00. The molecule has 3 aromatic carbocycles. The number of thioether (sulfide) groups is 1. The monoisotopic (exact) mass is 476 g/mol. The van der Waals surface area contributed by atoms with E-state index in [0.717, 1.165) is 51.2 Å². The second-order valence-electron chi connectivity index (χ2n) is 8.68. The van der Waals surface area contributed by atoms with Gasteiger partial charge in [-0.05, 0) is 48.1 Å². The third kappa shape index (κ3) is 3.54. The Morgan fingerprint density at radius 3 is 2.45 bits per heavy atom. The highest BCUT2D eigenvalue weighted by Gasteiger charge is 2.48. The molecule has 0 radical (unpaired) electrons. The van der Waals surface area contributed by atoms with Gasteiger partial charge in [0.2, 0.25) is 11.8 Å². The first-order valence-electron chi connectivity index (χ1n) is 11.2. The molecule has 6 rings (SSSR count). The first-order valence-corrected chi connectivity index (χ1v) is 13.0. The molecule has 1 saturated heterocycles. The zero-order chi connectivity index (χ0) is 22.5. The minimum Gasteiger partial charge on any atom is -0.274 e. The van der Waals surface area contributed by atoms with E-state index >= 15 is 0 Å². The van der Waals surface area contributed by atoms with Gasteiger partial charge in [-0.25, -0.2) is 9.37 Å². The van der Waals surface area contributed by atoms with Crippen molar-refractivity contribution in [3.05, 3.63) is 66.0 Å². The number of benzene rings is 3. The number of hydrogen-bond donors (Lipinski definition) is 0. The zero-order valence-corrected chi connectivity index (χ0v) is 19.4. The summed E-state index contributed by atoms with van der Waals surface area (Å²) in [5.74, 6) is 0.0652. The van der Waals surface area contributed by atoms with E-state index in [1.807, 2.05) is 42.5 Å². The second-order valence-corrected chi connectivity index (χ2v) is 10.9. The summed E-state index contributed by atoms with van der Waals surface area (Å²) in [6, 6.07) is 16.5. The molecule has 0 spiro atoms. The van der Waals surface area contributed by atoms with Crippen molar-refractivity contribution < 1.29 is 14.0 Å². The molecule has 0 bridgehead atoms. The number of aromatic nitrogens is 1. The molecule has 4 nitrogen and oxygen atoms in total. The molecule has 2 fully saturated rings. The first-order chi connectivity index (χ1) is 16.1. The van der Waals surface area contributed by atoms with Gasteiger partial charge in [0, 0.05) is 11.1 Å². The zero-order valence-electron chi connectivity index (χ0n) is 17.8. The Morgan fingerprint density at radius 1 is 0.970 bits per heavy atom. The van der Waals surface area contributed by atoms with Crippen LogP contribution in [0, 0.1) is 17.7 Å². The third-order valence-corrected chi connectivity index (χ3v) is 8.97. The van der Waals surface area contributed by atoms with Crippen LogP contribution < -0.4 is 4.90 Å². The molecule has 4 aromatic rings. The summed E-state index contributed by atoms with van der Waals surface area (Å²) in [6.45, 7) is 0. The van der Waals surface area contributed by atoms with Gasteiger partial charge in [0.25, 0.3) is 0 Å². The predicted molar refractivity (Wildman–Crippen MR) is 131 cm³/mol. The number of hydrogen-bond acceptors (Lipinski definition) is 5. The van der Waals surface area contributed by atoms with Crippen LogP contribution in [0.2, 0.25) is 0 Å². The second kappa shape index (κ2) is 8.22. The number of thiazole rings is 1. The molecule has 2 aliphatic rings. The fourth-order valence-electron chi connectivity index (χ4n) is 5.10. The molecule has 7 heteroatoms. The molecule has 2 amide bonds. The average Bonchev–Trinajstić information content (AvgIpc) is 3.36. The fourth-order valence-corrected chi connectivity index (χ4v) is 7.21. The Bertz CT molecular complexity index is 1390. The van der Waals surface area contributed by atoms with Crippen molar-refractivity contribution in [1.29, 1.82) is 0 Å². The summed E-state index contributed by atoms with van der Waals surface area (Å²) in [5, 5.41) is 1.55. The lowest BCUT2D eigenvalue weighted by atomic mass is 9.81. The van der Waals surface area contributed by atoms with E-state index in [0.29, 0.717) is 16.8 Å². The van der Waals surface area contributed by atoms with Gasteiger partial charge in [-0.1, -0.05) is 54.9 Å².